The number of aromatic hydroxyl groups is 2. The summed E-state index contributed by atoms with van der Waals surface area (Å²) >= 11 is 1.43. The molecule has 0 amide bonds. The molecule has 0 fully saturated rings. The van der Waals surface area contributed by atoms with Crippen LogP contribution in [0.4, 0.5) is 0 Å². The summed E-state index contributed by atoms with van der Waals surface area (Å²) in [4.78, 5) is 8.20. The van der Waals surface area contributed by atoms with Gasteiger partial charge in [0.15, 0.2) is 0 Å². The highest BCUT2D eigenvalue weighted by atomic mass is 32.1. The van der Waals surface area contributed by atoms with Crippen LogP contribution in [-0.4, -0.2) is 25.3 Å². The number of nitrogens with zero attached hydrogens (tertiary/aromatic N) is 3. The Balaban J connectivity index is 2.03. The SMILES string of the molecule is Oc1ccc(-c2nc(-c3cscn3)no2)c(O)c1. The van der Waals surface area contributed by atoms with Gasteiger partial charge in [-0.15, -0.1) is 11.3 Å². The fourth-order valence-electron chi connectivity index (χ4n) is 1.46. The van der Waals surface area contributed by atoms with E-state index in [0.717, 1.165) is 0 Å². The summed E-state index contributed by atoms with van der Waals surface area (Å²) in [5.41, 5.74) is 2.65. The second-order valence-corrected chi connectivity index (χ2v) is 4.22. The number of aromatic nitrogens is 3. The zero-order valence-electron chi connectivity index (χ0n) is 8.94. The van der Waals surface area contributed by atoms with Gasteiger partial charge in [0, 0.05) is 11.4 Å². The number of thiazole rings is 1. The van der Waals surface area contributed by atoms with Crippen molar-refractivity contribution in [1.82, 2.24) is 15.1 Å². The first-order valence-corrected chi connectivity index (χ1v) is 5.93. The zero-order chi connectivity index (χ0) is 12.5. The van der Waals surface area contributed by atoms with Gasteiger partial charge in [-0.25, -0.2) is 4.98 Å². The molecule has 7 heteroatoms. The number of hydrogen-bond donors (Lipinski definition) is 2. The lowest BCUT2D eigenvalue weighted by Gasteiger charge is -1.98. The van der Waals surface area contributed by atoms with E-state index < -0.39 is 0 Å². The third kappa shape index (κ3) is 1.80. The van der Waals surface area contributed by atoms with E-state index in [1.54, 1.807) is 10.9 Å². The van der Waals surface area contributed by atoms with Gasteiger partial charge in [0.05, 0.1) is 11.1 Å². The van der Waals surface area contributed by atoms with Crippen LogP contribution in [0.15, 0.2) is 33.6 Å². The Morgan fingerprint density at radius 3 is 2.83 bits per heavy atom. The molecule has 2 aromatic heterocycles. The number of phenolic OH excluding ortho intramolecular Hbond substituents is 2. The lowest BCUT2D eigenvalue weighted by molar-refractivity contribution is 0.423. The molecule has 18 heavy (non-hydrogen) atoms. The molecule has 0 spiro atoms. The van der Waals surface area contributed by atoms with Crippen LogP contribution in [0.3, 0.4) is 0 Å². The Kier molecular flexibility index (Phi) is 2.45. The largest absolute Gasteiger partial charge is 0.508 e. The quantitative estimate of drug-likeness (QED) is 0.735. The van der Waals surface area contributed by atoms with Gasteiger partial charge in [0.1, 0.15) is 17.2 Å². The van der Waals surface area contributed by atoms with Crippen molar-refractivity contribution < 1.29 is 14.7 Å². The average molecular weight is 261 g/mol. The summed E-state index contributed by atoms with van der Waals surface area (Å²) in [6.07, 6.45) is 0. The van der Waals surface area contributed by atoms with Crippen molar-refractivity contribution >= 4 is 11.3 Å². The summed E-state index contributed by atoms with van der Waals surface area (Å²) in [6, 6.07) is 4.15. The molecule has 6 nitrogen and oxygen atoms in total. The van der Waals surface area contributed by atoms with Crippen LogP contribution >= 0.6 is 11.3 Å². The lowest BCUT2D eigenvalue weighted by Crippen LogP contribution is -1.81. The van der Waals surface area contributed by atoms with E-state index in [1.165, 1.54) is 29.5 Å². The van der Waals surface area contributed by atoms with Gasteiger partial charge in [-0.2, -0.15) is 4.98 Å². The molecule has 0 aliphatic heterocycles. The Hall–Kier alpha value is -2.41. The molecule has 0 bridgehead atoms. The van der Waals surface area contributed by atoms with Crippen molar-refractivity contribution in [3.05, 3.63) is 29.1 Å². The summed E-state index contributed by atoms with van der Waals surface area (Å²) in [5, 5.41) is 24.5. The molecular weight excluding hydrogens is 254 g/mol. The van der Waals surface area contributed by atoms with Crippen LogP contribution in [0.5, 0.6) is 11.5 Å². The predicted octanol–water partition coefficient (Wildman–Crippen LogP) is 2.27. The van der Waals surface area contributed by atoms with Gasteiger partial charge in [-0.05, 0) is 12.1 Å². The summed E-state index contributed by atoms with van der Waals surface area (Å²) in [7, 11) is 0. The van der Waals surface area contributed by atoms with Crippen molar-refractivity contribution in [2.75, 3.05) is 0 Å². The Morgan fingerprint density at radius 2 is 2.11 bits per heavy atom. The number of rotatable bonds is 2. The molecule has 0 radical (unpaired) electrons. The molecule has 0 unspecified atom stereocenters. The van der Waals surface area contributed by atoms with Gasteiger partial charge in [-0.1, -0.05) is 5.16 Å². The maximum absolute atomic E-state index is 9.68. The monoisotopic (exact) mass is 261 g/mol. The minimum absolute atomic E-state index is 0.0320. The van der Waals surface area contributed by atoms with Crippen molar-refractivity contribution in [2.24, 2.45) is 0 Å². The van der Waals surface area contributed by atoms with E-state index >= 15 is 0 Å². The van der Waals surface area contributed by atoms with Gasteiger partial charge in [0.25, 0.3) is 5.89 Å². The third-order valence-corrected chi connectivity index (χ3v) is 2.89. The van der Waals surface area contributed by atoms with Crippen molar-refractivity contribution in [3.8, 4) is 34.5 Å². The maximum Gasteiger partial charge on any atom is 0.262 e. The van der Waals surface area contributed by atoms with E-state index in [-0.39, 0.29) is 17.4 Å². The molecule has 1 aromatic carbocycles. The molecule has 3 aromatic rings. The fraction of sp³-hybridized carbons (Fsp3) is 0. The van der Waals surface area contributed by atoms with Gasteiger partial charge in [-0.3, -0.25) is 0 Å². The molecule has 0 saturated carbocycles. The molecule has 0 atom stereocenters. The van der Waals surface area contributed by atoms with Crippen LogP contribution in [0.25, 0.3) is 23.0 Å². The van der Waals surface area contributed by atoms with E-state index in [9.17, 15) is 10.2 Å². The highest BCUT2D eigenvalue weighted by Gasteiger charge is 2.15. The second-order valence-electron chi connectivity index (χ2n) is 3.50. The van der Waals surface area contributed by atoms with Crippen LogP contribution in [0.1, 0.15) is 0 Å². The molecule has 3 rings (SSSR count). The predicted molar refractivity (Wildman–Crippen MR) is 64.2 cm³/mol. The topological polar surface area (TPSA) is 92.3 Å². The first-order valence-electron chi connectivity index (χ1n) is 4.98. The van der Waals surface area contributed by atoms with E-state index in [1.807, 2.05) is 0 Å². The molecule has 0 aliphatic carbocycles. The highest BCUT2D eigenvalue weighted by Crippen LogP contribution is 2.31. The van der Waals surface area contributed by atoms with Crippen LogP contribution in [0.2, 0.25) is 0 Å². The van der Waals surface area contributed by atoms with Gasteiger partial charge >= 0.3 is 0 Å². The van der Waals surface area contributed by atoms with Gasteiger partial charge < -0.3 is 14.7 Å². The Bertz CT molecular complexity index is 679. The number of benzene rings is 1. The smallest absolute Gasteiger partial charge is 0.262 e. The van der Waals surface area contributed by atoms with E-state index in [2.05, 4.69) is 15.1 Å². The van der Waals surface area contributed by atoms with E-state index in [0.29, 0.717) is 17.1 Å². The molecule has 2 N–H and O–H groups in total. The molecule has 2 heterocycles. The molecule has 0 saturated heterocycles. The first kappa shape index (κ1) is 10.7. The second kappa shape index (κ2) is 4.11. The first-order chi connectivity index (χ1) is 8.74. The molecule has 0 aliphatic rings. The lowest BCUT2D eigenvalue weighted by atomic mass is 10.2. The summed E-state index contributed by atoms with van der Waals surface area (Å²) in [5.74, 6) is 0.383. The maximum atomic E-state index is 9.68. The average Bonchev–Trinajstić information content (AvgIpc) is 2.99. The molecule has 90 valence electrons. The zero-order valence-corrected chi connectivity index (χ0v) is 9.76. The fourth-order valence-corrected chi connectivity index (χ4v) is 1.99. The number of phenols is 2. The highest BCUT2D eigenvalue weighted by molar-refractivity contribution is 7.07. The van der Waals surface area contributed by atoms with Crippen molar-refractivity contribution in [3.63, 3.8) is 0 Å². The van der Waals surface area contributed by atoms with Crippen molar-refractivity contribution in [2.45, 2.75) is 0 Å². The third-order valence-electron chi connectivity index (χ3n) is 2.30. The Labute approximate surface area is 105 Å². The van der Waals surface area contributed by atoms with Crippen LogP contribution in [-0.2, 0) is 0 Å². The van der Waals surface area contributed by atoms with Crippen LogP contribution < -0.4 is 0 Å². The van der Waals surface area contributed by atoms with Crippen molar-refractivity contribution in [1.29, 1.82) is 0 Å². The number of hydrogen-bond acceptors (Lipinski definition) is 7. The standard InChI is InChI=1S/C11H7N3O3S/c15-6-1-2-7(9(16)3-6)11-13-10(14-17-11)8-4-18-5-12-8/h1-5,15-16H. The molecular formula is C11H7N3O3S. The minimum Gasteiger partial charge on any atom is -0.508 e. The summed E-state index contributed by atoms with van der Waals surface area (Å²) < 4.78 is 5.06. The normalized spacial score (nSPS) is 10.7. The summed E-state index contributed by atoms with van der Waals surface area (Å²) in [6.45, 7) is 0. The Morgan fingerprint density at radius 1 is 1.22 bits per heavy atom. The van der Waals surface area contributed by atoms with Crippen LogP contribution in [0, 0.1) is 0 Å². The van der Waals surface area contributed by atoms with Gasteiger partial charge in [0.2, 0.25) is 5.82 Å². The minimum atomic E-state index is -0.122. The van der Waals surface area contributed by atoms with E-state index in [4.69, 9.17) is 4.52 Å².